The van der Waals surface area contributed by atoms with E-state index in [1.807, 2.05) is 0 Å². The number of amidine groups is 3. The summed E-state index contributed by atoms with van der Waals surface area (Å²) in [5.41, 5.74) is -0.976. The third-order valence-corrected chi connectivity index (χ3v) is 27.2. The number of carboxylic acids is 3. The molecule has 6 N–H and O–H groups in total. The number of rotatable bonds is 21. The number of aliphatic imine (C=N–C) groups is 3. The number of nitrogens with one attached hydrogen (secondary N) is 3. The summed E-state index contributed by atoms with van der Waals surface area (Å²) in [6.07, 6.45) is 4.77. The van der Waals surface area contributed by atoms with Crippen LogP contribution in [0.15, 0.2) is 143 Å². The number of thiazole rings is 3. The molecule has 9 heterocycles. The van der Waals surface area contributed by atoms with Crippen molar-refractivity contribution in [2.24, 2.45) is 15.0 Å². The lowest BCUT2D eigenvalue weighted by Gasteiger charge is -2.42. The van der Waals surface area contributed by atoms with Gasteiger partial charge < -0.3 is 45.5 Å². The number of carbonyl (C=O) groups is 6. The maximum Gasteiger partial charge on any atom is 0.338 e. The highest BCUT2D eigenvalue weighted by Crippen LogP contribution is 2.42. The molecule has 110 heavy (non-hydrogen) atoms. The highest BCUT2D eigenvalue weighted by molar-refractivity contribution is 9.10. The minimum absolute atomic E-state index is 0.0172. The number of nitrogens with zero attached hydrogens (tertiary/aromatic N) is 9. The fourth-order valence-electron chi connectivity index (χ4n) is 12.6. The number of aliphatic carboxylic acids is 3. The van der Waals surface area contributed by atoms with Gasteiger partial charge in [0, 0.05) is 122 Å². The molecule has 6 atom stereocenters. The number of carbonyl (C=O) groups excluding carboxylic acids is 3. The van der Waals surface area contributed by atoms with Crippen molar-refractivity contribution < 1.29 is 92.3 Å². The Morgan fingerprint density at radius 3 is 1.28 bits per heavy atom. The summed E-state index contributed by atoms with van der Waals surface area (Å²) in [5.74, 6) is -8.33. The maximum absolute atomic E-state index is 13.9. The Hall–Kier alpha value is -8.06. The van der Waals surface area contributed by atoms with Gasteiger partial charge in [-0.1, -0.05) is 68.9 Å². The highest BCUT2D eigenvalue weighted by atomic mass is 79.9. The van der Waals surface area contributed by atoms with Crippen LogP contribution in [0.4, 0.5) is 8.78 Å². The van der Waals surface area contributed by atoms with Crippen molar-refractivity contribution in [2.45, 2.75) is 69.9 Å². The first-order valence-electron chi connectivity index (χ1n) is 33.3. The quantitative estimate of drug-likeness (QED) is 0.0300. The standard InChI is InChI=1S/C23H24BrFN4O6S2.C23H24ClFN4O6S2.C22H22Cl2N4O6S2/c2*1-3-35-21(30)17-16(11-29-7-9-37(33,34)12-23(29,2)22(31)32)27-19(20-26-6-8-36-20)28-18(17)14-5-4-13(25)10-15(14)24;1-2-34-22(31)17-15(10-28-6-8-36(32,33)11-16(28)21(29)30)26-19(20-25-5-7-35-20)27-18(17)13-4-3-12(23)9-14(13)24/h2*4-6,8,10,18H,3,7,9,11-12H2,1-2H3,(H,27,28)(H,31,32);3-5,7,9,16,18H,2,6,8,10-11H2,1H3,(H,26,27)(H,29,30). The van der Waals surface area contributed by atoms with Crippen molar-refractivity contribution >= 4 is 168 Å². The van der Waals surface area contributed by atoms with E-state index >= 15 is 0 Å². The third-order valence-electron chi connectivity index (χ3n) is 18.1. The van der Waals surface area contributed by atoms with Gasteiger partial charge in [-0.25, -0.2) is 63.4 Å². The van der Waals surface area contributed by atoms with Gasteiger partial charge >= 0.3 is 35.8 Å². The first kappa shape index (κ1) is 84.4. The van der Waals surface area contributed by atoms with E-state index in [1.165, 1.54) is 99.0 Å². The molecule has 3 aromatic heterocycles. The summed E-state index contributed by atoms with van der Waals surface area (Å²) in [6.45, 7) is 7.42. The molecule has 6 aliphatic heterocycles. The molecule has 6 unspecified atom stereocenters. The van der Waals surface area contributed by atoms with Crippen LogP contribution in [-0.4, -0.2) is 234 Å². The molecule has 0 saturated carbocycles. The molecule has 0 aliphatic carbocycles. The van der Waals surface area contributed by atoms with E-state index in [1.54, 1.807) is 67.6 Å². The highest BCUT2D eigenvalue weighted by Gasteiger charge is 2.51. The van der Waals surface area contributed by atoms with Crippen LogP contribution in [0.1, 0.15) is 84.5 Å². The number of esters is 3. The predicted octanol–water partition coefficient (Wildman–Crippen LogP) is 7.49. The average Bonchev–Trinajstić information content (AvgIpc) is 0.901. The SMILES string of the molecule is CCOC(=O)C1=C(CN2CCS(=O)(=O)CC2(C)C(=O)O)NC(c2nccs2)=NC1c1ccc(F)cc1Br.CCOC(=O)C1=C(CN2CCS(=O)(=O)CC2(C)C(=O)O)NC(c2nccs2)=NC1c1ccc(F)cc1Cl.CCOC(=O)C1=C(CN2CCS(=O)(=O)CC2C(=O)O)NC(c2nccs2)=NC1c1ccc(Cl)cc1Cl. The topological polar surface area (TPSA) is 415 Å². The largest absolute Gasteiger partial charge is 0.480 e. The van der Waals surface area contributed by atoms with E-state index in [2.05, 4.69) is 51.8 Å². The molecule has 3 aromatic carbocycles. The molecule has 0 amide bonds. The van der Waals surface area contributed by atoms with Gasteiger partial charge in [0.2, 0.25) is 0 Å². The van der Waals surface area contributed by atoms with E-state index in [-0.39, 0.29) is 109 Å². The van der Waals surface area contributed by atoms with E-state index in [9.17, 15) is 78.1 Å². The van der Waals surface area contributed by atoms with Crippen LogP contribution in [0.3, 0.4) is 0 Å². The van der Waals surface area contributed by atoms with Crippen molar-refractivity contribution in [3.8, 4) is 0 Å². The second-order valence-corrected chi connectivity index (χ2v) is 36.9. The second-order valence-electron chi connectivity index (χ2n) is 25.5. The molecule has 30 nitrogen and oxygen atoms in total. The van der Waals surface area contributed by atoms with Crippen molar-refractivity contribution in [1.82, 2.24) is 45.6 Å². The van der Waals surface area contributed by atoms with Gasteiger partial charge in [0.1, 0.15) is 46.9 Å². The Bertz CT molecular complexity index is 4930. The molecule has 3 fully saturated rings. The monoisotopic (exact) mass is 1760 g/mol. The number of aromatic nitrogens is 3. The summed E-state index contributed by atoms with van der Waals surface area (Å²) in [5, 5.41) is 46.6. The van der Waals surface area contributed by atoms with Crippen LogP contribution in [0.25, 0.3) is 0 Å². The zero-order valence-corrected chi connectivity index (χ0v) is 67.5. The van der Waals surface area contributed by atoms with E-state index < -0.39 is 129 Å². The normalized spacial score (nSPS) is 23.2. The van der Waals surface area contributed by atoms with Crippen LogP contribution in [0.5, 0.6) is 0 Å². The zero-order chi connectivity index (χ0) is 79.9. The maximum atomic E-state index is 13.9. The number of carboxylic acid groups (broad SMARTS) is 3. The molecule has 0 bridgehead atoms. The van der Waals surface area contributed by atoms with Crippen molar-refractivity contribution in [3.63, 3.8) is 0 Å². The van der Waals surface area contributed by atoms with Crippen LogP contribution >= 0.6 is 84.7 Å². The third kappa shape index (κ3) is 19.5. The van der Waals surface area contributed by atoms with Gasteiger partial charge in [-0.05, 0) is 76.6 Å². The van der Waals surface area contributed by atoms with Crippen molar-refractivity contribution in [3.05, 3.63) is 186 Å². The van der Waals surface area contributed by atoms with Crippen LogP contribution < -0.4 is 16.0 Å². The Balaban J connectivity index is 0.000000176. The number of hydrogen-bond acceptors (Lipinski definition) is 30. The molecule has 6 aromatic rings. The molecular weight excluding hydrogens is 1690 g/mol. The number of halogens is 6. The molecule has 12 rings (SSSR count). The van der Waals surface area contributed by atoms with Gasteiger partial charge in [-0.2, -0.15) is 0 Å². The van der Waals surface area contributed by atoms with E-state index in [0.717, 1.165) is 6.07 Å². The summed E-state index contributed by atoms with van der Waals surface area (Å²) >= 11 is 26.2. The fourth-order valence-corrected chi connectivity index (χ4v) is 20.9. The zero-order valence-electron chi connectivity index (χ0n) is 58.8. The van der Waals surface area contributed by atoms with E-state index in [0.29, 0.717) is 70.1 Å². The average molecular weight is 1760 g/mol. The second kappa shape index (κ2) is 35.3. The van der Waals surface area contributed by atoms with Crippen molar-refractivity contribution in [1.29, 1.82) is 0 Å². The fraction of sp³-hybridized carbons (Fsp3) is 0.382. The van der Waals surface area contributed by atoms with Gasteiger partial charge in [0.25, 0.3) is 0 Å². The Morgan fingerprint density at radius 2 is 0.918 bits per heavy atom. The molecule has 0 radical (unpaired) electrons. The van der Waals surface area contributed by atoms with Crippen LogP contribution in [0.2, 0.25) is 15.1 Å². The number of benzene rings is 3. The summed E-state index contributed by atoms with van der Waals surface area (Å²) in [7, 11) is -10.7. The molecule has 0 spiro atoms. The minimum Gasteiger partial charge on any atom is -0.480 e. The lowest BCUT2D eigenvalue weighted by molar-refractivity contribution is -0.149. The predicted molar refractivity (Wildman–Crippen MR) is 411 cm³/mol. The molecule has 588 valence electrons. The van der Waals surface area contributed by atoms with Crippen LogP contribution in [0, 0.1) is 11.6 Å². The van der Waals surface area contributed by atoms with Gasteiger partial charge in [-0.15, -0.1) is 34.0 Å². The van der Waals surface area contributed by atoms with Crippen LogP contribution in [-0.2, 0) is 72.5 Å². The lowest BCUT2D eigenvalue weighted by Crippen LogP contribution is -2.62. The summed E-state index contributed by atoms with van der Waals surface area (Å²) in [4.78, 5) is 108. The molecular formula is C68H70BrCl3F2N12O18S6. The molecule has 3 saturated heterocycles. The lowest BCUT2D eigenvalue weighted by atomic mass is 9.94. The van der Waals surface area contributed by atoms with Crippen molar-refractivity contribution in [2.75, 3.05) is 93.6 Å². The Morgan fingerprint density at radius 1 is 0.545 bits per heavy atom. The minimum atomic E-state index is -3.59. The number of hydrogen-bond donors (Lipinski definition) is 6. The molecule has 42 heteroatoms. The Labute approximate surface area is 664 Å². The van der Waals surface area contributed by atoms with Gasteiger partial charge in [-0.3, -0.25) is 44.1 Å². The summed E-state index contributed by atoms with van der Waals surface area (Å²) in [6, 6.07) is 8.43. The first-order chi connectivity index (χ1) is 52.0. The Kier molecular flexibility index (Phi) is 27.1. The molecule has 6 aliphatic rings. The number of ether oxygens (including phenoxy) is 3. The summed E-state index contributed by atoms with van der Waals surface area (Å²) < 4.78 is 118. The number of sulfone groups is 3. The van der Waals surface area contributed by atoms with E-state index in [4.69, 9.17) is 59.0 Å². The van der Waals surface area contributed by atoms with Gasteiger partial charge in [0.15, 0.2) is 62.0 Å². The van der Waals surface area contributed by atoms with Gasteiger partial charge in [0.05, 0.1) is 71.1 Å². The first-order valence-corrected chi connectivity index (χ1v) is 43.4. The smallest absolute Gasteiger partial charge is 0.338 e.